The highest BCUT2D eigenvalue weighted by Gasteiger charge is 2.48. The maximum Gasteiger partial charge on any atom is 0.0133 e. The third kappa shape index (κ3) is 1.05. The molecule has 1 nitrogen and oxygen atoms in total. The van der Waals surface area contributed by atoms with Gasteiger partial charge in [-0.15, -0.1) is 0 Å². The fourth-order valence-corrected chi connectivity index (χ4v) is 4.55. The smallest absolute Gasteiger partial charge is 0.0133 e. The average molecular weight is 213 g/mol. The van der Waals surface area contributed by atoms with E-state index in [-0.39, 0.29) is 0 Å². The second-order valence-corrected chi connectivity index (χ2v) is 5.87. The molecule has 0 amide bonds. The van der Waals surface area contributed by atoms with Crippen LogP contribution in [0.3, 0.4) is 0 Å². The van der Waals surface area contributed by atoms with Crippen LogP contribution in [0.15, 0.2) is 24.3 Å². The lowest BCUT2D eigenvalue weighted by Gasteiger charge is -2.40. The van der Waals surface area contributed by atoms with Gasteiger partial charge in [0.1, 0.15) is 0 Å². The van der Waals surface area contributed by atoms with Crippen molar-refractivity contribution < 1.29 is 0 Å². The van der Waals surface area contributed by atoms with E-state index in [9.17, 15) is 0 Å². The van der Waals surface area contributed by atoms with Gasteiger partial charge >= 0.3 is 0 Å². The molecule has 2 aliphatic heterocycles. The third-order valence-corrected chi connectivity index (χ3v) is 5.34. The highest BCUT2D eigenvalue weighted by Crippen LogP contribution is 2.51. The highest BCUT2D eigenvalue weighted by atomic mass is 15.2. The van der Waals surface area contributed by atoms with E-state index in [2.05, 4.69) is 36.2 Å². The van der Waals surface area contributed by atoms with E-state index < -0.39 is 0 Å². The lowest BCUT2D eigenvalue weighted by molar-refractivity contribution is 0.109. The molecule has 2 fully saturated rings. The number of benzene rings is 1. The molecule has 2 unspecified atom stereocenters. The molecule has 2 bridgehead atoms. The Morgan fingerprint density at radius 2 is 2.06 bits per heavy atom. The molecule has 0 aromatic heterocycles. The van der Waals surface area contributed by atoms with Crippen LogP contribution in [-0.4, -0.2) is 24.0 Å². The van der Waals surface area contributed by atoms with Gasteiger partial charge in [0.25, 0.3) is 0 Å². The highest BCUT2D eigenvalue weighted by molar-refractivity contribution is 5.38. The number of hydrogen-bond donors (Lipinski definition) is 0. The van der Waals surface area contributed by atoms with Crippen molar-refractivity contribution in [1.29, 1.82) is 0 Å². The molecule has 4 atom stereocenters. The molecule has 16 heavy (non-hydrogen) atoms. The van der Waals surface area contributed by atoms with Crippen molar-refractivity contribution in [2.45, 2.75) is 43.7 Å². The topological polar surface area (TPSA) is 3.24 Å². The Bertz CT molecular complexity index is 425. The molecule has 1 aromatic carbocycles. The van der Waals surface area contributed by atoms with Crippen LogP contribution in [0.2, 0.25) is 0 Å². The first-order chi connectivity index (χ1) is 7.84. The molecule has 4 rings (SSSR count). The molecule has 2 saturated heterocycles. The zero-order chi connectivity index (χ0) is 10.7. The number of rotatable bonds is 0. The fraction of sp³-hybridized carbons (Fsp3) is 0.600. The van der Waals surface area contributed by atoms with E-state index >= 15 is 0 Å². The minimum absolute atomic E-state index is 0.871. The molecular weight excluding hydrogens is 194 g/mol. The molecule has 3 aliphatic rings. The Hall–Kier alpha value is -0.820. The van der Waals surface area contributed by atoms with Gasteiger partial charge in [-0.1, -0.05) is 24.3 Å². The Kier molecular flexibility index (Phi) is 1.79. The summed E-state index contributed by atoms with van der Waals surface area (Å²) in [6, 6.07) is 10.9. The van der Waals surface area contributed by atoms with Crippen LogP contribution in [0.1, 0.15) is 36.3 Å². The van der Waals surface area contributed by atoms with Crippen molar-refractivity contribution in [3.8, 4) is 0 Å². The van der Waals surface area contributed by atoms with Crippen LogP contribution in [0.5, 0.6) is 0 Å². The van der Waals surface area contributed by atoms with Gasteiger partial charge in [0.15, 0.2) is 0 Å². The largest absolute Gasteiger partial charge is 0.300 e. The quantitative estimate of drug-likeness (QED) is 0.640. The van der Waals surface area contributed by atoms with E-state index in [1.54, 1.807) is 11.1 Å². The van der Waals surface area contributed by atoms with E-state index in [4.69, 9.17) is 0 Å². The normalized spacial score (nSPS) is 40.8. The number of nitrogens with zero attached hydrogens (tertiary/aromatic N) is 1. The zero-order valence-corrected chi connectivity index (χ0v) is 9.89. The van der Waals surface area contributed by atoms with Gasteiger partial charge < -0.3 is 4.90 Å². The minimum atomic E-state index is 0.871. The van der Waals surface area contributed by atoms with E-state index in [0.29, 0.717) is 0 Å². The molecule has 0 N–H and O–H groups in total. The summed E-state index contributed by atoms with van der Waals surface area (Å²) < 4.78 is 0. The van der Waals surface area contributed by atoms with Crippen molar-refractivity contribution in [2.75, 3.05) is 7.05 Å². The molecular formula is C15H19N. The van der Waals surface area contributed by atoms with Crippen molar-refractivity contribution in [1.82, 2.24) is 4.90 Å². The second kappa shape index (κ2) is 3.10. The van der Waals surface area contributed by atoms with Crippen LogP contribution in [-0.2, 0) is 6.42 Å². The second-order valence-electron chi connectivity index (χ2n) is 5.87. The third-order valence-electron chi connectivity index (χ3n) is 5.34. The van der Waals surface area contributed by atoms with E-state index in [1.807, 2.05) is 0 Å². The van der Waals surface area contributed by atoms with Crippen molar-refractivity contribution in [3.63, 3.8) is 0 Å². The SMILES string of the molecule is CN1C2CCC1[C@H]1Cc3ccccc3[C@H]1C2. The van der Waals surface area contributed by atoms with Gasteiger partial charge in [0.2, 0.25) is 0 Å². The molecule has 0 saturated carbocycles. The van der Waals surface area contributed by atoms with Gasteiger partial charge in [-0.3, -0.25) is 0 Å². The van der Waals surface area contributed by atoms with E-state index in [0.717, 1.165) is 23.9 Å². The molecule has 1 aliphatic carbocycles. The minimum Gasteiger partial charge on any atom is -0.300 e. The summed E-state index contributed by atoms with van der Waals surface area (Å²) in [6.45, 7) is 0. The number of piperidine rings is 1. The van der Waals surface area contributed by atoms with Crippen LogP contribution in [0, 0.1) is 5.92 Å². The fourth-order valence-electron chi connectivity index (χ4n) is 4.55. The average Bonchev–Trinajstić information content (AvgIpc) is 2.77. The van der Waals surface area contributed by atoms with Gasteiger partial charge in [0, 0.05) is 12.1 Å². The van der Waals surface area contributed by atoms with Gasteiger partial charge in [0.05, 0.1) is 0 Å². The van der Waals surface area contributed by atoms with Crippen LogP contribution in [0.4, 0.5) is 0 Å². The predicted octanol–water partition coefficient (Wildman–Crippen LogP) is 2.81. The Morgan fingerprint density at radius 3 is 3.00 bits per heavy atom. The molecule has 2 heterocycles. The summed E-state index contributed by atoms with van der Waals surface area (Å²) >= 11 is 0. The summed E-state index contributed by atoms with van der Waals surface area (Å²) in [5.41, 5.74) is 3.32. The molecule has 1 heteroatoms. The zero-order valence-electron chi connectivity index (χ0n) is 9.89. The van der Waals surface area contributed by atoms with Crippen LogP contribution < -0.4 is 0 Å². The van der Waals surface area contributed by atoms with Gasteiger partial charge in [-0.2, -0.15) is 0 Å². The lowest BCUT2D eigenvalue weighted by Crippen LogP contribution is -2.44. The van der Waals surface area contributed by atoms with E-state index in [1.165, 1.54) is 25.7 Å². The summed E-state index contributed by atoms with van der Waals surface area (Å²) in [5, 5.41) is 0. The number of fused-ring (bicyclic) bond motifs is 6. The Morgan fingerprint density at radius 1 is 1.19 bits per heavy atom. The number of hydrogen-bond acceptors (Lipinski definition) is 1. The summed E-state index contributed by atoms with van der Waals surface area (Å²) in [7, 11) is 2.35. The Labute approximate surface area is 97.5 Å². The first-order valence-electron chi connectivity index (χ1n) is 6.64. The lowest BCUT2D eigenvalue weighted by atomic mass is 9.81. The summed E-state index contributed by atoms with van der Waals surface area (Å²) in [5.74, 6) is 1.80. The predicted molar refractivity (Wildman–Crippen MR) is 65.6 cm³/mol. The first kappa shape index (κ1) is 9.23. The first-order valence-corrected chi connectivity index (χ1v) is 6.64. The Balaban J connectivity index is 1.77. The van der Waals surface area contributed by atoms with Gasteiger partial charge in [-0.25, -0.2) is 0 Å². The standard InChI is InChI=1S/C15H19N/c1-16-11-6-7-15(16)14-8-10-4-2-3-5-12(10)13(14)9-11/h2-5,11,13-15H,6-9H2,1H3/t11?,13-,14+,15?/m1/s1. The molecule has 0 radical (unpaired) electrons. The molecule has 84 valence electrons. The molecule has 0 spiro atoms. The summed E-state index contributed by atoms with van der Waals surface area (Å²) in [6.07, 6.45) is 5.63. The maximum absolute atomic E-state index is 2.67. The van der Waals surface area contributed by atoms with Crippen molar-refractivity contribution in [3.05, 3.63) is 35.4 Å². The van der Waals surface area contributed by atoms with Crippen molar-refractivity contribution >= 4 is 0 Å². The maximum atomic E-state index is 2.67. The summed E-state index contributed by atoms with van der Waals surface area (Å²) in [4.78, 5) is 2.67. The van der Waals surface area contributed by atoms with Gasteiger partial charge in [-0.05, 0) is 55.7 Å². The van der Waals surface area contributed by atoms with Crippen molar-refractivity contribution in [2.24, 2.45) is 5.92 Å². The monoisotopic (exact) mass is 213 g/mol. The van der Waals surface area contributed by atoms with Crippen LogP contribution in [0.25, 0.3) is 0 Å². The molecule has 1 aromatic rings. The van der Waals surface area contributed by atoms with Crippen LogP contribution >= 0.6 is 0 Å².